The molecule has 1 amide bonds. The van der Waals surface area contributed by atoms with Gasteiger partial charge in [-0.1, -0.05) is 54.6 Å². The summed E-state index contributed by atoms with van der Waals surface area (Å²) in [6.07, 6.45) is 4.38. The van der Waals surface area contributed by atoms with Crippen LogP contribution in [0.3, 0.4) is 0 Å². The number of hydrogen-bond donors (Lipinski definition) is 1. The number of likely N-dealkylation sites (tertiary alicyclic amines) is 1. The van der Waals surface area contributed by atoms with Crippen molar-refractivity contribution in [1.29, 1.82) is 0 Å². The Bertz CT molecular complexity index is 1150. The second-order valence-corrected chi connectivity index (χ2v) is 12.1. The molecule has 0 unspecified atom stereocenters. The number of carbonyl (C=O) groups excluding carboxylic acids is 1. The lowest BCUT2D eigenvalue weighted by Crippen LogP contribution is -2.53. The third-order valence-electron chi connectivity index (χ3n) is 7.81. The Kier molecular flexibility index (Phi) is 5.12. The predicted octanol–water partition coefficient (Wildman–Crippen LogP) is 3.13. The van der Waals surface area contributed by atoms with Gasteiger partial charge in [0.2, 0.25) is 10.0 Å². The van der Waals surface area contributed by atoms with Crippen LogP contribution >= 0.6 is 0 Å². The minimum atomic E-state index is -3.36. The van der Waals surface area contributed by atoms with E-state index in [2.05, 4.69) is 35.1 Å². The minimum absolute atomic E-state index is 0.0184. The summed E-state index contributed by atoms with van der Waals surface area (Å²) in [6.45, 7) is 1.24. The number of nitrogens with zero attached hydrogens (tertiary/aromatic N) is 1. The zero-order valence-electron chi connectivity index (χ0n) is 18.7. The largest absolute Gasteiger partial charge is 0.368 e. The molecule has 0 radical (unpaired) electrons. The summed E-state index contributed by atoms with van der Waals surface area (Å²) >= 11 is 0. The third kappa shape index (κ3) is 4.00. The highest BCUT2D eigenvalue weighted by atomic mass is 32.2. The molecular formula is C26H30N2O4S. The Hall–Kier alpha value is -2.22. The van der Waals surface area contributed by atoms with Gasteiger partial charge >= 0.3 is 0 Å². The fourth-order valence-electron chi connectivity index (χ4n) is 5.46. The van der Waals surface area contributed by atoms with E-state index in [1.165, 1.54) is 0 Å². The molecule has 2 aliphatic heterocycles. The van der Waals surface area contributed by atoms with Gasteiger partial charge in [-0.15, -0.1) is 0 Å². The molecule has 2 aromatic carbocycles. The highest BCUT2D eigenvalue weighted by molar-refractivity contribution is 7.90. The number of sulfonamides is 1. The number of amides is 1. The van der Waals surface area contributed by atoms with Crippen LogP contribution in [0.1, 0.15) is 37.7 Å². The number of benzene rings is 2. The molecule has 4 aliphatic rings. The molecule has 174 valence electrons. The van der Waals surface area contributed by atoms with Crippen molar-refractivity contribution < 1.29 is 17.9 Å². The lowest BCUT2D eigenvalue weighted by atomic mass is 9.91. The minimum Gasteiger partial charge on any atom is -0.368 e. The number of nitrogens with one attached hydrogen (secondary N) is 1. The van der Waals surface area contributed by atoms with E-state index in [0.717, 1.165) is 48.8 Å². The van der Waals surface area contributed by atoms with Crippen LogP contribution in [0.5, 0.6) is 0 Å². The van der Waals surface area contributed by atoms with Gasteiger partial charge < -0.3 is 9.64 Å². The van der Waals surface area contributed by atoms with Gasteiger partial charge in [0.1, 0.15) is 6.10 Å². The molecule has 33 heavy (non-hydrogen) atoms. The van der Waals surface area contributed by atoms with E-state index in [-0.39, 0.29) is 34.8 Å². The van der Waals surface area contributed by atoms with Crippen molar-refractivity contribution in [2.24, 2.45) is 5.41 Å². The molecule has 2 aliphatic carbocycles. The van der Waals surface area contributed by atoms with E-state index in [1.807, 2.05) is 29.2 Å². The van der Waals surface area contributed by atoms with Gasteiger partial charge in [0.05, 0.1) is 17.9 Å². The van der Waals surface area contributed by atoms with Gasteiger partial charge in [-0.3, -0.25) is 4.79 Å². The average molecular weight is 467 g/mol. The maximum absolute atomic E-state index is 13.3. The summed E-state index contributed by atoms with van der Waals surface area (Å²) in [5, 5.41) is -0.268. The van der Waals surface area contributed by atoms with Crippen molar-refractivity contribution in [2.75, 3.05) is 13.2 Å². The number of hydrogen-bond acceptors (Lipinski definition) is 4. The molecule has 2 saturated heterocycles. The zero-order chi connectivity index (χ0) is 22.6. The Morgan fingerprint density at radius 3 is 2.39 bits per heavy atom. The molecule has 6 nitrogen and oxygen atoms in total. The van der Waals surface area contributed by atoms with Crippen molar-refractivity contribution in [1.82, 2.24) is 9.62 Å². The first kappa shape index (κ1) is 21.3. The van der Waals surface area contributed by atoms with E-state index in [1.54, 1.807) is 0 Å². The maximum atomic E-state index is 13.3. The van der Waals surface area contributed by atoms with Crippen molar-refractivity contribution in [2.45, 2.75) is 62.0 Å². The van der Waals surface area contributed by atoms with Crippen molar-refractivity contribution in [3.63, 3.8) is 0 Å². The smallest absolute Gasteiger partial charge is 0.252 e. The first-order valence-electron chi connectivity index (χ1n) is 12.0. The van der Waals surface area contributed by atoms with Gasteiger partial charge in [0.25, 0.3) is 5.91 Å². The van der Waals surface area contributed by atoms with E-state index >= 15 is 0 Å². The fourth-order valence-corrected chi connectivity index (χ4v) is 7.17. The lowest BCUT2D eigenvalue weighted by Gasteiger charge is -2.34. The summed E-state index contributed by atoms with van der Waals surface area (Å²) < 4.78 is 34.5. The van der Waals surface area contributed by atoms with Crippen LogP contribution in [0.4, 0.5) is 0 Å². The molecule has 1 N–H and O–H groups in total. The molecule has 3 atom stereocenters. The van der Waals surface area contributed by atoms with Crippen LogP contribution in [-0.4, -0.2) is 55.8 Å². The fraction of sp³-hybridized carbons (Fsp3) is 0.500. The van der Waals surface area contributed by atoms with E-state index < -0.39 is 10.0 Å². The summed E-state index contributed by atoms with van der Waals surface area (Å²) in [5.74, 6) is 0.0184. The Labute approximate surface area is 195 Å². The third-order valence-corrected chi connectivity index (χ3v) is 9.74. The topological polar surface area (TPSA) is 75.7 Å². The molecular weight excluding hydrogens is 436 g/mol. The van der Waals surface area contributed by atoms with Crippen LogP contribution in [0.2, 0.25) is 0 Å². The van der Waals surface area contributed by atoms with Gasteiger partial charge in [0, 0.05) is 24.4 Å². The molecule has 2 heterocycles. The molecule has 4 fully saturated rings. The molecule has 0 aromatic heterocycles. The molecule has 1 spiro atoms. The number of ether oxygens (including phenoxy) is 1. The maximum Gasteiger partial charge on any atom is 0.252 e. The van der Waals surface area contributed by atoms with Gasteiger partial charge in [-0.25, -0.2) is 13.1 Å². The lowest BCUT2D eigenvalue weighted by molar-refractivity contribution is -0.157. The highest BCUT2D eigenvalue weighted by Gasteiger charge is 2.62. The van der Waals surface area contributed by atoms with Crippen molar-refractivity contribution in [3.05, 3.63) is 60.2 Å². The number of rotatable bonds is 7. The van der Waals surface area contributed by atoms with Crippen LogP contribution in [0.15, 0.2) is 54.6 Å². The van der Waals surface area contributed by atoms with Gasteiger partial charge in [-0.05, 0) is 48.8 Å². The van der Waals surface area contributed by atoms with Crippen molar-refractivity contribution >= 4 is 15.9 Å². The Morgan fingerprint density at radius 2 is 1.76 bits per heavy atom. The monoisotopic (exact) mass is 466 g/mol. The Balaban J connectivity index is 1.32. The Morgan fingerprint density at radius 1 is 1.03 bits per heavy atom. The standard InChI is InChI=1S/C26H30N2O4S/c29-25(23-11-14-32-23)28-17-26(12-13-26)24(27-33(30,31)21-9-10-21)22(28)16-18-5-4-8-20(15-18)19-6-2-1-3-7-19/h1-8,15,21-24,27H,9-14,16-17H2/t22-,23+,24+/m0/s1. The molecule has 6 rings (SSSR count). The summed E-state index contributed by atoms with van der Waals surface area (Å²) in [5.41, 5.74) is 3.25. The van der Waals surface area contributed by atoms with Crippen LogP contribution in [0.25, 0.3) is 11.1 Å². The quantitative estimate of drug-likeness (QED) is 0.680. The average Bonchev–Trinajstić information content (AvgIpc) is 3.69. The van der Waals surface area contributed by atoms with Gasteiger partial charge in [0.15, 0.2) is 0 Å². The molecule has 2 saturated carbocycles. The van der Waals surface area contributed by atoms with Crippen molar-refractivity contribution in [3.8, 4) is 11.1 Å². The predicted molar refractivity (Wildman–Crippen MR) is 126 cm³/mol. The first-order chi connectivity index (χ1) is 16.0. The summed E-state index contributed by atoms with van der Waals surface area (Å²) in [4.78, 5) is 15.2. The van der Waals surface area contributed by atoms with E-state index in [0.29, 0.717) is 19.6 Å². The highest BCUT2D eigenvalue weighted by Crippen LogP contribution is 2.56. The summed E-state index contributed by atoms with van der Waals surface area (Å²) in [6, 6.07) is 18.2. The van der Waals surface area contributed by atoms with E-state index in [9.17, 15) is 13.2 Å². The van der Waals surface area contributed by atoms with Gasteiger partial charge in [-0.2, -0.15) is 0 Å². The SMILES string of the molecule is O=C([C@H]1CCO1)N1CC2(CC2)[C@H](NS(=O)(=O)C2CC2)[C@@H]1Cc1cccc(-c2ccccc2)c1. The molecule has 0 bridgehead atoms. The molecule has 7 heteroatoms. The van der Waals surface area contributed by atoms with Crippen LogP contribution < -0.4 is 4.72 Å². The van der Waals surface area contributed by atoms with E-state index in [4.69, 9.17) is 4.74 Å². The summed E-state index contributed by atoms with van der Waals surface area (Å²) in [7, 11) is -3.36. The first-order valence-corrected chi connectivity index (χ1v) is 13.6. The second kappa shape index (κ2) is 7.93. The van der Waals surface area contributed by atoms with Crippen LogP contribution in [-0.2, 0) is 26.0 Å². The number of carbonyl (C=O) groups is 1. The zero-order valence-corrected chi connectivity index (χ0v) is 19.5. The normalized spacial score (nSPS) is 28.0. The molecule has 2 aromatic rings. The second-order valence-electron chi connectivity index (χ2n) is 10.2. The van der Waals surface area contributed by atoms with Crippen LogP contribution in [0, 0.1) is 5.41 Å².